The van der Waals surface area contributed by atoms with Gasteiger partial charge in [-0.3, -0.25) is 0 Å². The average molecular weight is 276 g/mol. The molecule has 0 amide bonds. The molecule has 1 aromatic rings. The van der Waals surface area contributed by atoms with Crippen LogP contribution in [0.3, 0.4) is 0 Å². The lowest BCUT2D eigenvalue weighted by Crippen LogP contribution is -2.17. The van der Waals surface area contributed by atoms with E-state index in [1.807, 2.05) is 0 Å². The van der Waals surface area contributed by atoms with Gasteiger partial charge < -0.3 is 14.6 Å². The maximum atomic E-state index is 12.1. The molecule has 1 rings (SSSR count). The van der Waals surface area contributed by atoms with Crippen molar-refractivity contribution in [3.8, 4) is 11.5 Å². The van der Waals surface area contributed by atoms with E-state index in [9.17, 15) is 18.0 Å². The van der Waals surface area contributed by atoms with E-state index >= 15 is 0 Å². The van der Waals surface area contributed by atoms with E-state index in [4.69, 9.17) is 9.84 Å². The molecular formula is C12H11F3O4. The van der Waals surface area contributed by atoms with Gasteiger partial charge in [0.15, 0.2) is 0 Å². The van der Waals surface area contributed by atoms with E-state index in [1.165, 1.54) is 6.07 Å². The van der Waals surface area contributed by atoms with Gasteiger partial charge in [0.1, 0.15) is 11.5 Å². The van der Waals surface area contributed by atoms with Gasteiger partial charge in [-0.2, -0.15) is 0 Å². The summed E-state index contributed by atoms with van der Waals surface area (Å²) in [6.45, 7) is 2.00. The van der Waals surface area contributed by atoms with Gasteiger partial charge in [0, 0.05) is 11.6 Å². The molecular weight excluding hydrogens is 265 g/mol. The molecule has 0 aliphatic carbocycles. The summed E-state index contributed by atoms with van der Waals surface area (Å²) in [5.74, 6) is -1.39. The van der Waals surface area contributed by atoms with E-state index < -0.39 is 18.1 Å². The molecule has 0 atom stereocenters. The molecule has 0 aliphatic heterocycles. The summed E-state index contributed by atoms with van der Waals surface area (Å²) in [5.41, 5.74) is 0.186. The Kier molecular flexibility index (Phi) is 4.80. The van der Waals surface area contributed by atoms with Crippen molar-refractivity contribution in [1.29, 1.82) is 0 Å². The van der Waals surface area contributed by atoms with E-state index in [2.05, 4.69) is 4.74 Å². The van der Waals surface area contributed by atoms with Crippen LogP contribution in [0.25, 0.3) is 6.08 Å². The third-order valence-electron chi connectivity index (χ3n) is 1.92. The molecule has 19 heavy (non-hydrogen) atoms. The normalized spacial score (nSPS) is 11.6. The van der Waals surface area contributed by atoms with Crippen molar-refractivity contribution in [1.82, 2.24) is 0 Å². The number of carboxylic acid groups (broad SMARTS) is 1. The van der Waals surface area contributed by atoms with Gasteiger partial charge in [0.2, 0.25) is 0 Å². The number of hydrogen-bond acceptors (Lipinski definition) is 3. The van der Waals surface area contributed by atoms with Gasteiger partial charge in [-0.15, -0.1) is 13.2 Å². The van der Waals surface area contributed by atoms with Crippen molar-refractivity contribution >= 4 is 12.0 Å². The second-order valence-electron chi connectivity index (χ2n) is 3.35. The highest BCUT2D eigenvalue weighted by molar-refractivity contribution is 5.86. The van der Waals surface area contributed by atoms with Gasteiger partial charge in [0.25, 0.3) is 0 Å². The highest BCUT2D eigenvalue weighted by Gasteiger charge is 2.31. The van der Waals surface area contributed by atoms with Crippen molar-refractivity contribution in [2.45, 2.75) is 13.3 Å². The first-order chi connectivity index (χ1) is 8.81. The van der Waals surface area contributed by atoms with Gasteiger partial charge >= 0.3 is 12.3 Å². The molecule has 4 nitrogen and oxygen atoms in total. The number of halogens is 3. The summed E-state index contributed by atoms with van der Waals surface area (Å²) >= 11 is 0. The van der Waals surface area contributed by atoms with Crippen LogP contribution in [0.1, 0.15) is 12.5 Å². The standard InChI is InChI=1S/C12H11F3O4/c1-2-18-10-5-4-9(19-12(13,14)15)7-8(10)3-6-11(16)17/h3-7H,2H2,1H3,(H,16,17)/b6-3+. The Morgan fingerprint density at radius 3 is 2.63 bits per heavy atom. The SMILES string of the molecule is CCOc1ccc(OC(F)(F)F)cc1/C=C/C(=O)O. The second kappa shape index (κ2) is 6.12. The number of carboxylic acids is 1. The maximum absolute atomic E-state index is 12.1. The monoisotopic (exact) mass is 276 g/mol. The van der Waals surface area contributed by atoms with Crippen molar-refractivity contribution in [2.75, 3.05) is 6.61 Å². The van der Waals surface area contributed by atoms with E-state index in [0.29, 0.717) is 6.61 Å². The quantitative estimate of drug-likeness (QED) is 0.840. The molecule has 0 unspecified atom stereocenters. The molecule has 0 saturated carbocycles. The van der Waals surface area contributed by atoms with Crippen molar-refractivity contribution in [2.24, 2.45) is 0 Å². The molecule has 0 bridgehead atoms. The first-order valence-electron chi connectivity index (χ1n) is 5.25. The van der Waals surface area contributed by atoms with Crippen molar-refractivity contribution in [3.05, 3.63) is 29.8 Å². The first kappa shape index (κ1) is 14.9. The Morgan fingerprint density at radius 1 is 1.42 bits per heavy atom. The Hall–Kier alpha value is -2.18. The van der Waals surface area contributed by atoms with Crippen molar-refractivity contribution in [3.63, 3.8) is 0 Å². The number of alkyl halides is 3. The van der Waals surface area contributed by atoms with Crippen LogP contribution in [0.4, 0.5) is 13.2 Å². The molecule has 0 aliphatic rings. The summed E-state index contributed by atoms with van der Waals surface area (Å²) in [7, 11) is 0. The van der Waals surface area contributed by atoms with Gasteiger partial charge in [-0.05, 0) is 31.2 Å². The van der Waals surface area contributed by atoms with Crippen LogP contribution in [-0.4, -0.2) is 24.0 Å². The molecule has 0 heterocycles. The Balaban J connectivity index is 3.07. The topological polar surface area (TPSA) is 55.8 Å². The lowest BCUT2D eigenvalue weighted by molar-refractivity contribution is -0.274. The molecule has 1 N–H and O–H groups in total. The third kappa shape index (κ3) is 5.33. The number of benzene rings is 1. The summed E-state index contributed by atoms with van der Waals surface area (Å²) < 4.78 is 45.1. The molecule has 0 saturated heterocycles. The summed E-state index contributed by atoms with van der Waals surface area (Å²) in [5, 5.41) is 8.51. The fourth-order valence-electron chi connectivity index (χ4n) is 1.30. The van der Waals surface area contributed by atoms with Crippen LogP contribution in [0.5, 0.6) is 11.5 Å². The van der Waals surface area contributed by atoms with E-state index in [-0.39, 0.29) is 11.3 Å². The molecule has 104 valence electrons. The number of carbonyl (C=O) groups is 1. The predicted molar refractivity (Wildman–Crippen MR) is 61.0 cm³/mol. The minimum absolute atomic E-state index is 0.186. The van der Waals surface area contributed by atoms with Crippen LogP contribution in [0.2, 0.25) is 0 Å². The zero-order valence-corrected chi connectivity index (χ0v) is 9.90. The molecule has 0 radical (unpaired) electrons. The minimum Gasteiger partial charge on any atom is -0.493 e. The van der Waals surface area contributed by atoms with E-state index in [0.717, 1.165) is 24.3 Å². The first-order valence-corrected chi connectivity index (χ1v) is 5.25. The zero-order chi connectivity index (χ0) is 14.5. The molecule has 0 spiro atoms. The maximum Gasteiger partial charge on any atom is 0.573 e. The fraction of sp³-hybridized carbons (Fsp3) is 0.250. The molecule has 0 aromatic heterocycles. The second-order valence-corrected chi connectivity index (χ2v) is 3.35. The number of hydrogen-bond donors (Lipinski definition) is 1. The molecule has 0 fully saturated rings. The smallest absolute Gasteiger partial charge is 0.493 e. The summed E-state index contributed by atoms with van der Waals surface area (Å²) in [6, 6.07) is 3.43. The lowest BCUT2D eigenvalue weighted by Gasteiger charge is -2.12. The number of ether oxygens (including phenoxy) is 2. The summed E-state index contributed by atoms with van der Waals surface area (Å²) in [4.78, 5) is 10.4. The van der Waals surface area contributed by atoms with Gasteiger partial charge in [-0.25, -0.2) is 4.79 Å². The van der Waals surface area contributed by atoms with E-state index in [1.54, 1.807) is 6.92 Å². The van der Waals surface area contributed by atoms with Crippen LogP contribution < -0.4 is 9.47 Å². The third-order valence-corrected chi connectivity index (χ3v) is 1.92. The Morgan fingerprint density at radius 2 is 2.11 bits per heavy atom. The molecule has 1 aromatic carbocycles. The average Bonchev–Trinajstić information content (AvgIpc) is 2.27. The lowest BCUT2D eigenvalue weighted by atomic mass is 10.1. The highest BCUT2D eigenvalue weighted by atomic mass is 19.4. The number of aliphatic carboxylic acids is 1. The van der Waals surface area contributed by atoms with Crippen LogP contribution in [0.15, 0.2) is 24.3 Å². The van der Waals surface area contributed by atoms with Gasteiger partial charge in [-0.1, -0.05) is 0 Å². The van der Waals surface area contributed by atoms with Crippen LogP contribution in [-0.2, 0) is 4.79 Å². The predicted octanol–water partition coefficient (Wildman–Crippen LogP) is 3.08. The Bertz CT molecular complexity index is 480. The summed E-state index contributed by atoms with van der Waals surface area (Å²) in [6.07, 6.45) is -2.87. The van der Waals surface area contributed by atoms with Crippen LogP contribution >= 0.6 is 0 Å². The van der Waals surface area contributed by atoms with Gasteiger partial charge in [0.05, 0.1) is 6.61 Å². The zero-order valence-electron chi connectivity index (χ0n) is 9.90. The highest BCUT2D eigenvalue weighted by Crippen LogP contribution is 2.29. The van der Waals surface area contributed by atoms with Crippen molar-refractivity contribution < 1.29 is 32.5 Å². The largest absolute Gasteiger partial charge is 0.573 e. The van der Waals surface area contributed by atoms with Crippen LogP contribution in [0, 0.1) is 0 Å². The minimum atomic E-state index is -4.80. The molecule has 7 heteroatoms. The Labute approximate surface area is 107 Å². The number of rotatable bonds is 5. The fourth-order valence-corrected chi connectivity index (χ4v) is 1.30.